The molecule has 17 nitrogen and oxygen atoms in total. The van der Waals surface area contributed by atoms with Crippen LogP contribution in [0, 0.1) is 26.0 Å². The van der Waals surface area contributed by atoms with E-state index in [9.17, 15) is 48.0 Å². The Morgan fingerprint density at radius 2 is 1.67 bits per heavy atom. The van der Waals surface area contributed by atoms with Gasteiger partial charge in [-0.15, -0.1) is 20.2 Å². The molecule has 2 unspecified atom stereocenters. The fourth-order valence-corrected chi connectivity index (χ4v) is 4.48. The van der Waals surface area contributed by atoms with Gasteiger partial charge in [0.2, 0.25) is 16.0 Å². The van der Waals surface area contributed by atoms with Crippen molar-refractivity contribution in [1.82, 2.24) is 9.97 Å². The lowest BCUT2D eigenvalue weighted by Gasteiger charge is -2.22. The van der Waals surface area contributed by atoms with Crippen LogP contribution in [-0.2, 0) is 29.2 Å². The van der Waals surface area contributed by atoms with Gasteiger partial charge in [-0.1, -0.05) is 32.9 Å². The van der Waals surface area contributed by atoms with Crippen LogP contribution in [0.4, 0.5) is 10.3 Å². The van der Waals surface area contributed by atoms with Crippen molar-refractivity contribution in [2.75, 3.05) is 24.2 Å². The maximum absolute atomic E-state index is 13.7. The van der Waals surface area contributed by atoms with Crippen LogP contribution in [-0.4, -0.2) is 89.1 Å². The highest BCUT2D eigenvalue weighted by Gasteiger charge is 2.29. The number of carbonyl (C=O) groups excluding carboxylic acids is 1. The Bertz CT molecular complexity index is 1510. The zero-order valence-corrected chi connectivity index (χ0v) is 26.5. The van der Waals surface area contributed by atoms with Crippen LogP contribution in [0.2, 0.25) is 0 Å². The van der Waals surface area contributed by atoms with E-state index in [1.54, 1.807) is 13.8 Å². The number of carbonyl (C=O) groups is 1. The van der Waals surface area contributed by atoms with E-state index in [4.69, 9.17) is 4.74 Å². The summed E-state index contributed by atoms with van der Waals surface area (Å²) in [7, 11) is -2.45. The predicted octanol–water partition coefficient (Wildman–Crippen LogP) is 2.42. The Hall–Kier alpha value is -4.49. The molecule has 0 radical (unpaired) electrons. The van der Waals surface area contributed by atoms with E-state index in [-0.39, 0.29) is 30.4 Å². The van der Waals surface area contributed by atoms with Crippen LogP contribution in [0.15, 0.2) is 30.3 Å². The highest BCUT2D eigenvalue weighted by molar-refractivity contribution is 7.92. The van der Waals surface area contributed by atoms with Gasteiger partial charge in [-0.25, -0.2) is 27.1 Å². The summed E-state index contributed by atoms with van der Waals surface area (Å²) >= 11 is 0. The summed E-state index contributed by atoms with van der Waals surface area (Å²) in [6.45, 7) is 4.26. The van der Waals surface area contributed by atoms with Crippen LogP contribution in [0.25, 0.3) is 17.3 Å². The SMILES string of the molecule is CCC(O[N+](=O)[O-])C(COC(=O)C[C@H](O)C[C@H](O)/C=C/c1c(-c2ccc(F)cc2)nc(N(C)S(C)(=O)=O)nc1C(C)C)O[N+](=O)[O-]. The zero-order valence-electron chi connectivity index (χ0n) is 25.7. The van der Waals surface area contributed by atoms with Crippen molar-refractivity contribution in [2.45, 2.75) is 70.4 Å². The molecule has 0 aliphatic heterocycles. The van der Waals surface area contributed by atoms with Crippen molar-refractivity contribution in [1.29, 1.82) is 0 Å². The van der Waals surface area contributed by atoms with Gasteiger partial charge in [0, 0.05) is 24.6 Å². The van der Waals surface area contributed by atoms with E-state index < -0.39 is 69.4 Å². The molecule has 0 aliphatic carbocycles. The predicted molar refractivity (Wildman–Crippen MR) is 160 cm³/mol. The van der Waals surface area contributed by atoms with Crippen molar-refractivity contribution in [3.05, 3.63) is 67.6 Å². The van der Waals surface area contributed by atoms with Crippen LogP contribution in [0.5, 0.6) is 0 Å². The molecule has 46 heavy (non-hydrogen) atoms. The Morgan fingerprint density at radius 1 is 1.09 bits per heavy atom. The number of esters is 1. The molecule has 0 aliphatic rings. The van der Waals surface area contributed by atoms with Crippen LogP contribution < -0.4 is 4.31 Å². The molecule has 2 aromatic rings. The average molecular weight is 674 g/mol. The molecule has 0 bridgehead atoms. The number of hydrogen-bond donors (Lipinski definition) is 2. The number of aliphatic hydroxyl groups excluding tert-OH is 2. The summed E-state index contributed by atoms with van der Waals surface area (Å²) in [4.78, 5) is 51.3. The highest BCUT2D eigenvalue weighted by atomic mass is 32.2. The Balaban J connectivity index is 2.25. The molecular weight excluding hydrogens is 637 g/mol. The second-order valence-electron chi connectivity index (χ2n) is 10.4. The van der Waals surface area contributed by atoms with Gasteiger partial charge in [0.25, 0.3) is 10.2 Å². The van der Waals surface area contributed by atoms with Crippen molar-refractivity contribution in [3.63, 3.8) is 0 Å². The van der Waals surface area contributed by atoms with Crippen molar-refractivity contribution < 1.29 is 52.4 Å². The molecule has 0 saturated carbocycles. The van der Waals surface area contributed by atoms with E-state index in [0.717, 1.165) is 10.6 Å². The Kier molecular flexibility index (Phi) is 13.7. The monoisotopic (exact) mass is 673 g/mol. The van der Waals surface area contributed by atoms with Gasteiger partial charge >= 0.3 is 5.97 Å². The second kappa shape index (κ2) is 16.7. The molecule has 2 N–H and O–H groups in total. The van der Waals surface area contributed by atoms with E-state index in [2.05, 4.69) is 19.6 Å². The molecule has 1 heterocycles. The lowest BCUT2D eigenvalue weighted by molar-refractivity contribution is -0.799. The largest absolute Gasteiger partial charge is 0.463 e. The minimum absolute atomic E-state index is 0.0816. The summed E-state index contributed by atoms with van der Waals surface area (Å²) in [6.07, 6.45) is -3.13. The molecular formula is C27H36FN5O12S. The number of hydrogen-bond acceptors (Lipinski definition) is 14. The number of benzene rings is 1. The number of aliphatic hydroxyl groups is 2. The third-order valence-electron chi connectivity index (χ3n) is 6.48. The number of sulfonamides is 1. The highest BCUT2D eigenvalue weighted by Crippen LogP contribution is 2.32. The smallest absolute Gasteiger partial charge is 0.308 e. The lowest BCUT2D eigenvalue weighted by Crippen LogP contribution is -2.39. The van der Waals surface area contributed by atoms with E-state index in [1.807, 2.05) is 0 Å². The Morgan fingerprint density at radius 3 is 2.20 bits per heavy atom. The standard InChI is InChI=1S/C27H36FN5O12S/c1-6-22(44-32(37)38)23(45-33(39)40)15-43-24(36)14-20(35)13-19(34)11-12-21-25(16(2)3)29-27(31(4)46(5,41)42)30-26(21)17-7-9-18(28)10-8-17/h7-12,16,19-20,22-23,34-35H,6,13-15H2,1-5H3/b12-11+/t19-,20-,22?,23?/m1/s1. The molecule has 254 valence electrons. The van der Waals surface area contributed by atoms with Crippen molar-refractivity contribution >= 4 is 28.0 Å². The maximum Gasteiger partial charge on any atom is 0.308 e. The third kappa shape index (κ3) is 11.5. The molecule has 1 aromatic carbocycles. The van der Waals surface area contributed by atoms with E-state index >= 15 is 0 Å². The van der Waals surface area contributed by atoms with Crippen LogP contribution in [0.1, 0.15) is 57.2 Å². The van der Waals surface area contributed by atoms with Gasteiger partial charge in [-0.05, 0) is 36.6 Å². The molecule has 2 rings (SSSR count). The normalized spacial score (nSPS) is 14.4. The molecule has 0 spiro atoms. The average Bonchev–Trinajstić information content (AvgIpc) is 2.95. The Labute approximate surface area is 263 Å². The van der Waals surface area contributed by atoms with Gasteiger partial charge in [-0.3, -0.25) is 4.79 Å². The summed E-state index contributed by atoms with van der Waals surface area (Å²) in [5, 5.41) is 40.1. The topological polar surface area (TPSA) is 235 Å². The van der Waals surface area contributed by atoms with Gasteiger partial charge in [-0.2, -0.15) is 0 Å². The number of ether oxygens (including phenoxy) is 1. The van der Waals surface area contributed by atoms with Crippen LogP contribution >= 0.6 is 0 Å². The first kappa shape index (κ1) is 37.7. The van der Waals surface area contributed by atoms with Gasteiger partial charge in [0.05, 0.1) is 36.3 Å². The van der Waals surface area contributed by atoms with Crippen molar-refractivity contribution in [2.24, 2.45) is 0 Å². The second-order valence-corrected chi connectivity index (χ2v) is 12.4. The fourth-order valence-electron chi connectivity index (χ4n) is 4.10. The van der Waals surface area contributed by atoms with Gasteiger partial charge in [0.15, 0.2) is 6.10 Å². The minimum atomic E-state index is -3.74. The third-order valence-corrected chi connectivity index (χ3v) is 7.63. The minimum Gasteiger partial charge on any atom is -0.463 e. The first-order valence-electron chi connectivity index (χ1n) is 13.9. The van der Waals surface area contributed by atoms with E-state index in [1.165, 1.54) is 50.4 Å². The summed E-state index contributed by atoms with van der Waals surface area (Å²) in [6, 6.07) is 5.30. The number of anilines is 1. The van der Waals surface area contributed by atoms with Crippen molar-refractivity contribution in [3.8, 4) is 11.3 Å². The summed E-state index contributed by atoms with van der Waals surface area (Å²) in [5.74, 6) is -1.93. The zero-order chi connectivity index (χ0) is 34.8. The quantitative estimate of drug-likeness (QED) is 0.131. The first-order chi connectivity index (χ1) is 21.4. The molecule has 0 fully saturated rings. The molecule has 4 atom stereocenters. The number of nitrogens with zero attached hydrogens (tertiary/aromatic N) is 5. The van der Waals surface area contributed by atoms with E-state index in [0.29, 0.717) is 16.8 Å². The fraction of sp³-hybridized carbons (Fsp3) is 0.519. The first-order valence-corrected chi connectivity index (χ1v) is 15.7. The number of aromatic nitrogens is 2. The molecule has 19 heteroatoms. The maximum atomic E-state index is 13.7. The van der Waals surface area contributed by atoms with Gasteiger partial charge < -0.3 is 24.6 Å². The lowest BCUT2D eigenvalue weighted by atomic mass is 9.97. The number of rotatable bonds is 18. The summed E-state index contributed by atoms with van der Waals surface area (Å²) in [5.41, 5.74) is 1.47. The van der Waals surface area contributed by atoms with Gasteiger partial charge in [0.1, 0.15) is 18.5 Å². The molecule has 1 aromatic heterocycles. The summed E-state index contributed by atoms with van der Waals surface area (Å²) < 4.78 is 43.9. The van der Waals surface area contributed by atoms with Crippen LogP contribution in [0.3, 0.4) is 0 Å². The molecule has 0 amide bonds. The number of halogens is 1. The molecule has 0 saturated heterocycles.